The van der Waals surface area contributed by atoms with E-state index in [9.17, 15) is 4.79 Å². The molecule has 0 bridgehead atoms. The molecule has 0 atom stereocenters. The molecule has 0 N–H and O–H groups in total. The van der Waals surface area contributed by atoms with Crippen LogP contribution < -0.4 is 4.74 Å². The highest BCUT2D eigenvalue weighted by molar-refractivity contribution is 6.32. The summed E-state index contributed by atoms with van der Waals surface area (Å²) in [7, 11) is 1.53. The van der Waals surface area contributed by atoms with Crippen LogP contribution in [-0.2, 0) is 4.74 Å². The van der Waals surface area contributed by atoms with E-state index in [1.54, 1.807) is 12.1 Å². The first-order valence-corrected chi connectivity index (χ1v) is 6.03. The van der Waals surface area contributed by atoms with Crippen molar-refractivity contribution in [1.82, 2.24) is 0 Å². The number of carbonyl (C=O) groups excluding carboxylic acids is 1. The van der Waals surface area contributed by atoms with Gasteiger partial charge in [0, 0.05) is 5.02 Å². The van der Waals surface area contributed by atoms with Crippen LogP contribution in [0.25, 0.3) is 0 Å². The number of aliphatic imine (C=N–C) groups is 1. The summed E-state index contributed by atoms with van der Waals surface area (Å²) in [6.07, 6.45) is 0.149. The third-order valence-corrected chi connectivity index (χ3v) is 3.15. The fourth-order valence-corrected chi connectivity index (χ4v) is 1.92. The summed E-state index contributed by atoms with van der Waals surface area (Å²) in [6, 6.07) is 3.39. The van der Waals surface area contributed by atoms with E-state index >= 15 is 0 Å². The van der Waals surface area contributed by atoms with E-state index in [1.165, 1.54) is 7.11 Å². The monoisotopic (exact) mass is 267 g/mol. The minimum Gasteiger partial charge on any atom is -0.496 e. The van der Waals surface area contributed by atoms with Gasteiger partial charge in [0.05, 0.1) is 25.6 Å². The second kappa shape index (κ2) is 5.40. The SMILES string of the molecule is COc1cc(C)c(Cl)cc1C(=O)CC1=NCCO1. The third kappa shape index (κ3) is 2.64. The predicted octanol–water partition coefficient (Wildman–Crippen LogP) is 2.66. The number of ketones is 1. The Bertz CT molecular complexity index is 511. The average Bonchev–Trinajstić information content (AvgIpc) is 2.84. The molecule has 1 heterocycles. The topological polar surface area (TPSA) is 47.9 Å². The average molecular weight is 268 g/mol. The number of benzene rings is 1. The van der Waals surface area contributed by atoms with Gasteiger partial charge in [-0.3, -0.25) is 9.79 Å². The first kappa shape index (κ1) is 12.9. The van der Waals surface area contributed by atoms with Gasteiger partial charge < -0.3 is 9.47 Å². The van der Waals surface area contributed by atoms with Gasteiger partial charge in [-0.15, -0.1) is 0 Å². The van der Waals surface area contributed by atoms with Gasteiger partial charge >= 0.3 is 0 Å². The van der Waals surface area contributed by atoms with E-state index in [0.717, 1.165) is 5.56 Å². The molecule has 96 valence electrons. The maximum absolute atomic E-state index is 12.1. The first-order valence-electron chi connectivity index (χ1n) is 5.65. The Morgan fingerprint density at radius 3 is 2.94 bits per heavy atom. The van der Waals surface area contributed by atoms with Crippen molar-refractivity contribution >= 4 is 23.3 Å². The molecule has 1 aromatic rings. The van der Waals surface area contributed by atoms with Crippen molar-refractivity contribution in [3.05, 3.63) is 28.3 Å². The van der Waals surface area contributed by atoms with Gasteiger partial charge in [0.15, 0.2) is 11.7 Å². The molecule has 0 saturated carbocycles. The quantitative estimate of drug-likeness (QED) is 0.788. The predicted molar refractivity (Wildman–Crippen MR) is 69.9 cm³/mol. The molecule has 0 aliphatic carbocycles. The van der Waals surface area contributed by atoms with Crippen molar-refractivity contribution < 1.29 is 14.3 Å². The van der Waals surface area contributed by atoms with Gasteiger partial charge in [-0.2, -0.15) is 0 Å². The Morgan fingerprint density at radius 1 is 1.56 bits per heavy atom. The minimum absolute atomic E-state index is 0.102. The summed E-state index contributed by atoms with van der Waals surface area (Å²) in [6.45, 7) is 3.03. The lowest BCUT2D eigenvalue weighted by Crippen LogP contribution is -2.10. The summed E-state index contributed by atoms with van der Waals surface area (Å²) in [4.78, 5) is 16.2. The fourth-order valence-electron chi connectivity index (χ4n) is 1.76. The zero-order valence-electron chi connectivity index (χ0n) is 10.3. The number of ether oxygens (including phenoxy) is 2. The molecule has 1 aromatic carbocycles. The minimum atomic E-state index is -0.102. The standard InChI is InChI=1S/C13H14ClNO3/c1-8-5-12(17-2)9(6-10(8)14)11(16)7-13-15-3-4-18-13/h5-6H,3-4,7H2,1-2H3. The Morgan fingerprint density at radius 2 is 2.33 bits per heavy atom. The Balaban J connectivity index is 2.26. The van der Waals surface area contributed by atoms with E-state index < -0.39 is 0 Å². The lowest BCUT2D eigenvalue weighted by molar-refractivity contribution is 0.0992. The van der Waals surface area contributed by atoms with E-state index in [1.807, 2.05) is 6.92 Å². The Kier molecular flexibility index (Phi) is 3.87. The fraction of sp³-hybridized carbons (Fsp3) is 0.385. The molecule has 0 saturated heterocycles. The molecule has 0 fully saturated rings. The van der Waals surface area contributed by atoms with Crippen LogP contribution in [0.15, 0.2) is 17.1 Å². The zero-order valence-corrected chi connectivity index (χ0v) is 11.1. The summed E-state index contributed by atoms with van der Waals surface area (Å²) >= 11 is 6.03. The second-order valence-corrected chi connectivity index (χ2v) is 4.43. The number of rotatable bonds is 4. The van der Waals surface area contributed by atoms with Gasteiger partial charge in [0.2, 0.25) is 0 Å². The van der Waals surface area contributed by atoms with Gasteiger partial charge in [-0.1, -0.05) is 11.6 Å². The molecule has 2 rings (SSSR count). The lowest BCUT2D eigenvalue weighted by atomic mass is 10.0. The number of carbonyl (C=O) groups is 1. The van der Waals surface area contributed by atoms with Crippen LogP contribution in [0.2, 0.25) is 5.02 Å². The van der Waals surface area contributed by atoms with Crippen molar-refractivity contribution in [2.45, 2.75) is 13.3 Å². The van der Waals surface area contributed by atoms with E-state index in [-0.39, 0.29) is 12.2 Å². The molecular formula is C13H14ClNO3. The van der Waals surface area contributed by atoms with Gasteiger partial charge in [-0.05, 0) is 24.6 Å². The highest BCUT2D eigenvalue weighted by atomic mass is 35.5. The smallest absolute Gasteiger partial charge is 0.191 e. The van der Waals surface area contributed by atoms with Crippen molar-refractivity contribution in [2.75, 3.05) is 20.3 Å². The van der Waals surface area contributed by atoms with Crippen molar-refractivity contribution in [3.8, 4) is 5.75 Å². The van der Waals surface area contributed by atoms with Crippen molar-refractivity contribution in [2.24, 2.45) is 4.99 Å². The molecular weight excluding hydrogens is 254 g/mol. The molecule has 0 amide bonds. The number of aryl methyl sites for hydroxylation is 1. The summed E-state index contributed by atoms with van der Waals surface area (Å²) in [5.74, 6) is 0.911. The van der Waals surface area contributed by atoms with Gasteiger partial charge in [-0.25, -0.2) is 0 Å². The molecule has 0 spiro atoms. The maximum Gasteiger partial charge on any atom is 0.191 e. The maximum atomic E-state index is 12.1. The highest BCUT2D eigenvalue weighted by Gasteiger charge is 2.19. The number of hydrogen-bond acceptors (Lipinski definition) is 4. The van der Waals surface area contributed by atoms with Crippen LogP contribution in [0.1, 0.15) is 22.3 Å². The van der Waals surface area contributed by atoms with Crippen LogP contribution in [-0.4, -0.2) is 31.9 Å². The van der Waals surface area contributed by atoms with Gasteiger partial charge in [0.25, 0.3) is 0 Å². The highest BCUT2D eigenvalue weighted by Crippen LogP contribution is 2.27. The largest absolute Gasteiger partial charge is 0.496 e. The second-order valence-electron chi connectivity index (χ2n) is 4.03. The molecule has 1 aliphatic heterocycles. The van der Waals surface area contributed by atoms with Crippen molar-refractivity contribution in [1.29, 1.82) is 0 Å². The number of hydrogen-bond donors (Lipinski definition) is 0. The first-order chi connectivity index (χ1) is 8.61. The molecule has 4 nitrogen and oxygen atoms in total. The number of halogens is 1. The van der Waals surface area contributed by atoms with E-state index in [4.69, 9.17) is 21.1 Å². The molecule has 18 heavy (non-hydrogen) atoms. The van der Waals surface area contributed by atoms with Gasteiger partial charge in [0.1, 0.15) is 12.4 Å². The molecule has 5 heteroatoms. The Labute approximate surface area is 111 Å². The number of methoxy groups -OCH3 is 1. The van der Waals surface area contributed by atoms with Crippen molar-refractivity contribution in [3.63, 3.8) is 0 Å². The molecule has 0 radical (unpaired) electrons. The van der Waals surface area contributed by atoms with Crippen LogP contribution in [0.4, 0.5) is 0 Å². The normalized spacial score (nSPS) is 14.1. The van der Waals surface area contributed by atoms with Crippen LogP contribution in [0.3, 0.4) is 0 Å². The Hall–Kier alpha value is -1.55. The van der Waals surface area contributed by atoms with Crippen LogP contribution in [0, 0.1) is 6.92 Å². The zero-order chi connectivity index (χ0) is 13.1. The summed E-state index contributed by atoms with van der Waals surface area (Å²) in [5.41, 5.74) is 1.34. The number of Topliss-reactive ketones (excluding diaryl/α,β-unsaturated/α-hetero) is 1. The van der Waals surface area contributed by atoms with Crippen LogP contribution in [0.5, 0.6) is 5.75 Å². The molecule has 1 aliphatic rings. The summed E-state index contributed by atoms with van der Waals surface area (Å²) in [5, 5.41) is 0.549. The van der Waals surface area contributed by atoms with E-state index in [0.29, 0.717) is 35.4 Å². The summed E-state index contributed by atoms with van der Waals surface area (Å²) < 4.78 is 10.4. The third-order valence-electron chi connectivity index (χ3n) is 2.74. The lowest BCUT2D eigenvalue weighted by Gasteiger charge is -2.10. The van der Waals surface area contributed by atoms with Crippen LogP contribution >= 0.6 is 11.6 Å². The number of nitrogens with zero attached hydrogens (tertiary/aromatic N) is 1. The molecule has 0 aromatic heterocycles. The van der Waals surface area contributed by atoms with E-state index in [2.05, 4.69) is 4.99 Å². The molecule has 0 unspecified atom stereocenters.